The summed E-state index contributed by atoms with van der Waals surface area (Å²) in [5, 5.41) is 6.69. The molecule has 1 saturated heterocycles. The summed E-state index contributed by atoms with van der Waals surface area (Å²) in [5.41, 5.74) is 1.91. The van der Waals surface area contributed by atoms with E-state index in [4.69, 9.17) is 0 Å². The van der Waals surface area contributed by atoms with Gasteiger partial charge < -0.3 is 0 Å². The fraction of sp³-hybridized carbons (Fsp3) is 0.412. The summed E-state index contributed by atoms with van der Waals surface area (Å²) < 4.78 is 27.7. The largest absolute Gasteiger partial charge is 0.220 e. The Hall–Kier alpha value is -1.77. The molecule has 0 saturated carbocycles. The van der Waals surface area contributed by atoms with E-state index in [2.05, 4.69) is 21.5 Å². The smallest absolute Gasteiger partial charge is 0.213 e. The van der Waals surface area contributed by atoms with E-state index in [1.165, 1.54) is 4.88 Å². The van der Waals surface area contributed by atoms with Gasteiger partial charge in [-0.15, -0.1) is 11.3 Å². The highest BCUT2D eigenvalue weighted by Gasteiger charge is 2.30. The van der Waals surface area contributed by atoms with E-state index >= 15 is 0 Å². The van der Waals surface area contributed by atoms with Crippen LogP contribution in [0, 0.1) is 0 Å². The second-order valence-corrected chi connectivity index (χ2v) is 9.47. The lowest BCUT2D eigenvalue weighted by atomic mass is 9.99. The van der Waals surface area contributed by atoms with Crippen LogP contribution in [0.5, 0.6) is 0 Å². The van der Waals surface area contributed by atoms with Crippen molar-refractivity contribution in [1.29, 1.82) is 0 Å². The highest BCUT2D eigenvalue weighted by molar-refractivity contribution is 7.89. The first-order valence-electron chi connectivity index (χ1n) is 8.45. The molecule has 3 aromatic heterocycles. The number of nitrogens with zero attached hydrogens (tertiary/aromatic N) is 4. The molecule has 0 unspecified atom stereocenters. The molecule has 0 spiro atoms. The fourth-order valence-electron chi connectivity index (χ4n) is 3.25. The molecule has 0 radical (unpaired) electrons. The number of hydrogen-bond donors (Lipinski definition) is 0. The SMILES string of the molecule is CCS(=O)(=O)N1CCC[C@H](c2nc3ccc(-c4cccs4)cn3n2)C1. The van der Waals surface area contributed by atoms with Crippen LogP contribution in [0.1, 0.15) is 31.5 Å². The highest BCUT2D eigenvalue weighted by atomic mass is 32.2. The summed E-state index contributed by atoms with van der Waals surface area (Å²) >= 11 is 1.69. The molecule has 132 valence electrons. The van der Waals surface area contributed by atoms with Crippen LogP contribution in [-0.4, -0.2) is 46.2 Å². The van der Waals surface area contributed by atoms with Crippen molar-refractivity contribution in [3.8, 4) is 10.4 Å². The Morgan fingerprint density at radius 2 is 2.20 bits per heavy atom. The molecular weight excluding hydrogens is 356 g/mol. The molecule has 4 rings (SSSR count). The number of rotatable bonds is 4. The van der Waals surface area contributed by atoms with Crippen LogP contribution >= 0.6 is 11.3 Å². The van der Waals surface area contributed by atoms with Gasteiger partial charge in [0.2, 0.25) is 10.0 Å². The summed E-state index contributed by atoms with van der Waals surface area (Å²) in [6.45, 7) is 2.77. The van der Waals surface area contributed by atoms with Crippen molar-refractivity contribution in [1.82, 2.24) is 18.9 Å². The van der Waals surface area contributed by atoms with Gasteiger partial charge >= 0.3 is 0 Å². The predicted molar refractivity (Wildman–Crippen MR) is 99.3 cm³/mol. The first kappa shape index (κ1) is 16.7. The average Bonchev–Trinajstić information content (AvgIpc) is 3.30. The molecule has 1 fully saturated rings. The van der Waals surface area contributed by atoms with E-state index in [1.54, 1.807) is 27.1 Å². The minimum atomic E-state index is -3.16. The lowest BCUT2D eigenvalue weighted by Gasteiger charge is -2.30. The Morgan fingerprint density at radius 3 is 2.96 bits per heavy atom. The van der Waals surface area contributed by atoms with Crippen molar-refractivity contribution in [2.75, 3.05) is 18.8 Å². The van der Waals surface area contributed by atoms with Crippen LogP contribution in [0.3, 0.4) is 0 Å². The normalized spacial score (nSPS) is 19.5. The van der Waals surface area contributed by atoms with E-state index < -0.39 is 10.0 Å². The Kier molecular flexibility index (Phi) is 4.35. The van der Waals surface area contributed by atoms with Crippen LogP contribution in [0.15, 0.2) is 35.8 Å². The molecular formula is C17H20N4O2S2. The molecule has 0 bridgehead atoms. The van der Waals surface area contributed by atoms with Gasteiger partial charge in [0.15, 0.2) is 11.5 Å². The number of piperidine rings is 1. The lowest BCUT2D eigenvalue weighted by Crippen LogP contribution is -2.40. The first-order chi connectivity index (χ1) is 12.1. The van der Waals surface area contributed by atoms with E-state index in [-0.39, 0.29) is 11.7 Å². The second kappa shape index (κ2) is 6.51. The monoisotopic (exact) mass is 376 g/mol. The van der Waals surface area contributed by atoms with Crippen molar-refractivity contribution in [2.45, 2.75) is 25.7 Å². The molecule has 4 heterocycles. The van der Waals surface area contributed by atoms with Gasteiger partial charge in [-0.3, -0.25) is 0 Å². The zero-order valence-corrected chi connectivity index (χ0v) is 15.6. The summed E-state index contributed by atoms with van der Waals surface area (Å²) in [6, 6.07) is 8.13. The predicted octanol–water partition coefficient (Wildman–Crippen LogP) is 2.99. The molecule has 3 aromatic rings. The summed E-state index contributed by atoms with van der Waals surface area (Å²) in [6.07, 6.45) is 3.76. The van der Waals surface area contributed by atoms with Gasteiger partial charge in [-0.25, -0.2) is 22.2 Å². The molecule has 8 heteroatoms. The van der Waals surface area contributed by atoms with Gasteiger partial charge in [-0.2, -0.15) is 5.10 Å². The van der Waals surface area contributed by atoms with Gasteiger partial charge in [-0.05, 0) is 43.3 Å². The molecule has 6 nitrogen and oxygen atoms in total. The van der Waals surface area contributed by atoms with Gasteiger partial charge in [0, 0.05) is 35.6 Å². The second-order valence-electron chi connectivity index (χ2n) is 6.27. The molecule has 0 N–H and O–H groups in total. The summed E-state index contributed by atoms with van der Waals surface area (Å²) in [7, 11) is -3.16. The maximum atomic E-state index is 12.2. The standard InChI is InChI=1S/C17H20N4O2S2/c1-2-25(22,23)20-9-3-5-14(11-20)17-18-16-8-7-13(12-21(16)19-17)15-6-4-10-24-15/h4,6-8,10,12,14H,2-3,5,9,11H2,1H3/t14-/m0/s1. The van der Waals surface area contributed by atoms with E-state index in [0.717, 1.165) is 29.9 Å². The minimum Gasteiger partial charge on any atom is -0.220 e. The van der Waals surface area contributed by atoms with Crippen LogP contribution in [-0.2, 0) is 10.0 Å². The maximum absolute atomic E-state index is 12.2. The topological polar surface area (TPSA) is 67.6 Å². The molecule has 0 amide bonds. The van der Waals surface area contributed by atoms with Crippen molar-refractivity contribution in [3.05, 3.63) is 41.7 Å². The molecule has 1 atom stereocenters. The number of fused-ring (bicyclic) bond motifs is 1. The molecule has 1 aliphatic heterocycles. The minimum absolute atomic E-state index is 0.0557. The van der Waals surface area contributed by atoms with Gasteiger partial charge in [0.1, 0.15) is 0 Å². The average molecular weight is 377 g/mol. The van der Waals surface area contributed by atoms with E-state index in [0.29, 0.717) is 13.1 Å². The van der Waals surface area contributed by atoms with Crippen molar-refractivity contribution >= 4 is 27.0 Å². The van der Waals surface area contributed by atoms with Crippen LogP contribution in [0.4, 0.5) is 0 Å². The Balaban J connectivity index is 1.63. The highest BCUT2D eigenvalue weighted by Crippen LogP contribution is 2.28. The number of pyridine rings is 1. The van der Waals surface area contributed by atoms with Crippen molar-refractivity contribution in [3.63, 3.8) is 0 Å². The Morgan fingerprint density at radius 1 is 1.32 bits per heavy atom. The number of thiophene rings is 1. The van der Waals surface area contributed by atoms with Gasteiger partial charge in [0.25, 0.3) is 0 Å². The van der Waals surface area contributed by atoms with Gasteiger partial charge in [0.05, 0.1) is 5.75 Å². The zero-order valence-electron chi connectivity index (χ0n) is 14.0. The van der Waals surface area contributed by atoms with E-state index in [9.17, 15) is 8.42 Å². The van der Waals surface area contributed by atoms with Crippen LogP contribution in [0.25, 0.3) is 16.1 Å². The molecule has 0 aliphatic carbocycles. The fourth-order valence-corrected chi connectivity index (χ4v) is 5.15. The lowest BCUT2D eigenvalue weighted by molar-refractivity contribution is 0.309. The summed E-state index contributed by atoms with van der Waals surface area (Å²) in [4.78, 5) is 5.83. The molecule has 0 aromatic carbocycles. The number of sulfonamides is 1. The Labute approximate surface area is 151 Å². The number of hydrogen-bond acceptors (Lipinski definition) is 5. The molecule has 25 heavy (non-hydrogen) atoms. The quantitative estimate of drug-likeness (QED) is 0.702. The van der Waals surface area contributed by atoms with Gasteiger partial charge in [-0.1, -0.05) is 6.07 Å². The van der Waals surface area contributed by atoms with Crippen molar-refractivity contribution in [2.24, 2.45) is 0 Å². The number of aromatic nitrogens is 3. The molecule has 1 aliphatic rings. The van der Waals surface area contributed by atoms with E-state index in [1.807, 2.05) is 24.4 Å². The van der Waals surface area contributed by atoms with Crippen LogP contribution in [0.2, 0.25) is 0 Å². The van der Waals surface area contributed by atoms with Crippen molar-refractivity contribution < 1.29 is 8.42 Å². The third-order valence-electron chi connectivity index (χ3n) is 4.66. The third kappa shape index (κ3) is 3.21. The third-order valence-corrected chi connectivity index (χ3v) is 7.43. The zero-order chi connectivity index (χ0) is 17.4. The Bertz CT molecular complexity index is 979. The maximum Gasteiger partial charge on any atom is 0.213 e. The summed E-state index contributed by atoms with van der Waals surface area (Å²) in [5.74, 6) is 0.933. The first-order valence-corrected chi connectivity index (χ1v) is 10.9. The van der Waals surface area contributed by atoms with Crippen LogP contribution < -0.4 is 0 Å².